The first-order valence-electron chi connectivity index (χ1n) is 9.02. The van der Waals surface area contributed by atoms with E-state index in [4.69, 9.17) is 9.47 Å². The summed E-state index contributed by atoms with van der Waals surface area (Å²) < 4.78 is 11.6. The van der Waals surface area contributed by atoms with Crippen molar-refractivity contribution in [2.45, 2.75) is 56.7 Å². The monoisotopic (exact) mass is 331 g/mol. The molecule has 0 bridgehead atoms. The van der Waals surface area contributed by atoms with Gasteiger partial charge in [0.05, 0.1) is 11.7 Å². The van der Waals surface area contributed by atoms with Crippen molar-refractivity contribution in [2.75, 3.05) is 25.1 Å². The van der Waals surface area contributed by atoms with Crippen molar-refractivity contribution in [1.82, 2.24) is 10.3 Å². The smallest absolute Gasteiger partial charge is 0.320 e. The molecule has 3 aliphatic rings. The minimum Gasteiger partial charge on any atom is -0.381 e. The molecule has 2 aliphatic heterocycles. The zero-order chi connectivity index (χ0) is 16.4. The van der Waals surface area contributed by atoms with Gasteiger partial charge in [0.2, 0.25) is 0 Å². The van der Waals surface area contributed by atoms with Gasteiger partial charge in [-0.2, -0.15) is 0 Å². The van der Waals surface area contributed by atoms with E-state index < -0.39 is 0 Å². The Morgan fingerprint density at radius 3 is 3.00 bits per heavy atom. The van der Waals surface area contributed by atoms with Crippen LogP contribution in [0.25, 0.3) is 0 Å². The van der Waals surface area contributed by atoms with Gasteiger partial charge in [-0.25, -0.2) is 9.78 Å². The molecule has 1 spiro atoms. The standard InChI is InChI=1S/C18H25N3O3/c22-17(21-16-5-4-13-2-1-3-15(13)20-16)19-12-14-6-7-18(24-14)8-10-23-11-9-18/h4-5,14H,1-3,6-12H2,(H2,19,20,21,22). The first-order valence-corrected chi connectivity index (χ1v) is 9.02. The van der Waals surface area contributed by atoms with E-state index in [9.17, 15) is 4.79 Å². The quantitative estimate of drug-likeness (QED) is 0.892. The molecule has 6 heteroatoms. The average Bonchev–Trinajstić information content (AvgIpc) is 3.21. The SMILES string of the molecule is O=C(NCC1CCC2(CCOCC2)O1)Nc1ccc2c(n1)CCC2. The summed E-state index contributed by atoms with van der Waals surface area (Å²) in [6.07, 6.45) is 7.36. The second-order valence-corrected chi connectivity index (χ2v) is 7.06. The number of pyridine rings is 1. The Hall–Kier alpha value is -1.66. The lowest BCUT2D eigenvalue weighted by atomic mass is 9.91. The van der Waals surface area contributed by atoms with Crippen molar-refractivity contribution in [3.05, 3.63) is 23.4 Å². The summed E-state index contributed by atoms with van der Waals surface area (Å²) in [6.45, 7) is 2.11. The number of fused-ring (bicyclic) bond motifs is 1. The second-order valence-electron chi connectivity index (χ2n) is 7.06. The van der Waals surface area contributed by atoms with E-state index in [0.29, 0.717) is 12.4 Å². The van der Waals surface area contributed by atoms with Crippen LogP contribution >= 0.6 is 0 Å². The van der Waals surface area contributed by atoms with Crippen LogP contribution in [0.3, 0.4) is 0 Å². The van der Waals surface area contributed by atoms with Crippen LogP contribution in [0.4, 0.5) is 10.6 Å². The Labute approximate surface area is 142 Å². The third-order valence-corrected chi connectivity index (χ3v) is 5.40. The van der Waals surface area contributed by atoms with E-state index in [2.05, 4.69) is 21.7 Å². The molecule has 24 heavy (non-hydrogen) atoms. The lowest BCUT2D eigenvalue weighted by Crippen LogP contribution is -2.39. The lowest BCUT2D eigenvalue weighted by molar-refractivity contribution is -0.101. The Morgan fingerprint density at radius 1 is 1.25 bits per heavy atom. The van der Waals surface area contributed by atoms with Gasteiger partial charge < -0.3 is 14.8 Å². The van der Waals surface area contributed by atoms with E-state index in [1.54, 1.807) is 0 Å². The molecule has 4 rings (SSSR count). The number of rotatable bonds is 3. The fourth-order valence-corrected chi connectivity index (χ4v) is 4.01. The van der Waals surface area contributed by atoms with Gasteiger partial charge in [-0.1, -0.05) is 6.07 Å². The van der Waals surface area contributed by atoms with Crippen molar-refractivity contribution < 1.29 is 14.3 Å². The summed E-state index contributed by atoms with van der Waals surface area (Å²) in [6, 6.07) is 3.74. The van der Waals surface area contributed by atoms with Gasteiger partial charge >= 0.3 is 6.03 Å². The molecule has 1 aromatic rings. The van der Waals surface area contributed by atoms with E-state index in [1.807, 2.05) is 6.07 Å². The molecule has 1 aromatic heterocycles. The van der Waals surface area contributed by atoms with E-state index in [1.165, 1.54) is 5.56 Å². The average molecular weight is 331 g/mol. The minimum atomic E-state index is -0.211. The van der Waals surface area contributed by atoms with Gasteiger partial charge in [0.1, 0.15) is 5.82 Å². The van der Waals surface area contributed by atoms with Gasteiger partial charge in [-0.15, -0.1) is 0 Å². The summed E-state index contributed by atoms with van der Waals surface area (Å²) in [5.74, 6) is 0.626. The maximum atomic E-state index is 12.1. The van der Waals surface area contributed by atoms with Crippen LogP contribution in [0.5, 0.6) is 0 Å². The summed E-state index contributed by atoms with van der Waals surface area (Å²) in [7, 11) is 0. The van der Waals surface area contributed by atoms with Crippen LogP contribution in [-0.2, 0) is 22.3 Å². The fraction of sp³-hybridized carbons (Fsp3) is 0.667. The fourth-order valence-electron chi connectivity index (χ4n) is 4.01. The van der Waals surface area contributed by atoms with E-state index >= 15 is 0 Å². The summed E-state index contributed by atoms with van der Waals surface area (Å²) in [4.78, 5) is 16.6. The highest BCUT2D eigenvalue weighted by atomic mass is 16.5. The van der Waals surface area contributed by atoms with Gasteiger partial charge in [-0.3, -0.25) is 5.32 Å². The van der Waals surface area contributed by atoms with Crippen LogP contribution in [-0.4, -0.2) is 42.5 Å². The van der Waals surface area contributed by atoms with Crippen LogP contribution in [0.15, 0.2) is 12.1 Å². The second kappa shape index (κ2) is 6.69. The number of aromatic nitrogens is 1. The molecule has 2 N–H and O–H groups in total. The van der Waals surface area contributed by atoms with Crippen LogP contribution in [0.2, 0.25) is 0 Å². The zero-order valence-corrected chi connectivity index (χ0v) is 14.0. The molecular formula is C18H25N3O3. The lowest BCUT2D eigenvalue weighted by Gasteiger charge is -2.33. The molecule has 0 radical (unpaired) electrons. The molecule has 0 saturated carbocycles. The van der Waals surface area contributed by atoms with Gasteiger partial charge in [0.25, 0.3) is 0 Å². The van der Waals surface area contributed by atoms with Gasteiger partial charge in [0, 0.05) is 25.5 Å². The topological polar surface area (TPSA) is 72.5 Å². The molecule has 1 atom stereocenters. The molecule has 6 nitrogen and oxygen atoms in total. The predicted molar refractivity (Wildman–Crippen MR) is 90.2 cm³/mol. The maximum Gasteiger partial charge on any atom is 0.320 e. The van der Waals surface area contributed by atoms with Crippen molar-refractivity contribution >= 4 is 11.8 Å². The number of anilines is 1. The highest BCUT2D eigenvalue weighted by Gasteiger charge is 2.41. The number of ether oxygens (including phenoxy) is 2. The predicted octanol–water partition coefficient (Wildman–Crippen LogP) is 2.42. The largest absolute Gasteiger partial charge is 0.381 e. The van der Waals surface area contributed by atoms with Crippen LogP contribution in [0, 0.1) is 0 Å². The number of urea groups is 1. The van der Waals surface area contributed by atoms with Crippen molar-refractivity contribution in [1.29, 1.82) is 0 Å². The number of hydrogen-bond acceptors (Lipinski definition) is 4. The Balaban J connectivity index is 1.25. The third-order valence-electron chi connectivity index (χ3n) is 5.40. The van der Waals surface area contributed by atoms with Crippen molar-refractivity contribution in [3.8, 4) is 0 Å². The normalized spacial score (nSPS) is 24.8. The summed E-state index contributed by atoms with van der Waals surface area (Å²) >= 11 is 0. The Kier molecular flexibility index (Phi) is 4.41. The molecule has 2 fully saturated rings. The first kappa shape index (κ1) is 15.8. The Bertz CT molecular complexity index is 614. The van der Waals surface area contributed by atoms with Crippen LogP contribution < -0.4 is 10.6 Å². The first-order chi connectivity index (χ1) is 11.7. The highest BCUT2D eigenvalue weighted by molar-refractivity contribution is 5.88. The van der Waals surface area contributed by atoms with Crippen molar-refractivity contribution in [2.24, 2.45) is 0 Å². The molecule has 2 saturated heterocycles. The molecule has 1 aliphatic carbocycles. The van der Waals surface area contributed by atoms with Crippen LogP contribution in [0.1, 0.15) is 43.4 Å². The minimum absolute atomic E-state index is 0.0113. The molecule has 1 unspecified atom stereocenters. The molecule has 3 heterocycles. The molecule has 130 valence electrons. The number of hydrogen-bond donors (Lipinski definition) is 2. The summed E-state index contributed by atoms with van der Waals surface area (Å²) in [5, 5.41) is 5.75. The highest BCUT2D eigenvalue weighted by Crippen LogP contribution is 2.38. The van der Waals surface area contributed by atoms with Gasteiger partial charge in [0.15, 0.2) is 0 Å². The summed E-state index contributed by atoms with van der Waals surface area (Å²) in [5.41, 5.74) is 2.42. The molecular weight excluding hydrogens is 306 g/mol. The Morgan fingerprint density at radius 2 is 2.12 bits per heavy atom. The maximum absolute atomic E-state index is 12.1. The third kappa shape index (κ3) is 3.39. The molecule has 0 aromatic carbocycles. The zero-order valence-electron chi connectivity index (χ0n) is 14.0. The number of carbonyl (C=O) groups excluding carboxylic acids is 1. The number of aryl methyl sites for hydroxylation is 2. The van der Waals surface area contributed by atoms with E-state index in [0.717, 1.165) is 63.9 Å². The van der Waals surface area contributed by atoms with Crippen molar-refractivity contribution in [3.63, 3.8) is 0 Å². The van der Waals surface area contributed by atoms with E-state index in [-0.39, 0.29) is 17.7 Å². The number of nitrogens with zero attached hydrogens (tertiary/aromatic N) is 1. The van der Waals surface area contributed by atoms with Gasteiger partial charge in [-0.05, 0) is 56.6 Å². The number of nitrogens with one attached hydrogen (secondary N) is 2. The number of amides is 2. The number of carbonyl (C=O) groups is 1. The molecule has 2 amide bonds.